The molecule has 3 nitrogen and oxygen atoms in total. The maximum atomic E-state index is 13.5. The van der Waals surface area contributed by atoms with Crippen LogP contribution in [0.4, 0.5) is 10.1 Å². The molecule has 0 fully saturated rings. The molecule has 0 bridgehead atoms. The fourth-order valence-electron chi connectivity index (χ4n) is 1.40. The predicted octanol–water partition coefficient (Wildman–Crippen LogP) is 2.11. The van der Waals surface area contributed by atoms with Crippen molar-refractivity contribution in [1.29, 1.82) is 0 Å². The number of nitrogens with two attached hydrogens (primary N) is 1. The molecule has 2 N–H and O–H groups in total. The van der Waals surface area contributed by atoms with Crippen LogP contribution in [0.15, 0.2) is 47.5 Å². The average molecular weight is 250 g/mol. The second kappa shape index (κ2) is 5.05. The van der Waals surface area contributed by atoms with E-state index in [9.17, 15) is 8.60 Å². The Morgan fingerprint density at radius 1 is 1.29 bits per heavy atom. The van der Waals surface area contributed by atoms with E-state index >= 15 is 0 Å². The first-order valence-corrected chi connectivity index (χ1v) is 6.32. The van der Waals surface area contributed by atoms with Crippen molar-refractivity contribution in [2.75, 3.05) is 5.73 Å². The topological polar surface area (TPSA) is 56.0 Å². The van der Waals surface area contributed by atoms with Crippen molar-refractivity contribution in [3.8, 4) is 0 Å². The molecule has 2 aromatic rings. The number of nitrogen functional groups attached to an aromatic ring is 1. The van der Waals surface area contributed by atoms with Crippen molar-refractivity contribution < 1.29 is 8.60 Å². The number of halogens is 1. The number of pyridine rings is 1. The maximum absolute atomic E-state index is 13.5. The highest BCUT2D eigenvalue weighted by atomic mass is 32.2. The number of benzene rings is 1. The zero-order chi connectivity index (χ0) is 12.3. The van der Waals surface area contributed by atoms with Crippen molar-refractivity contribution >= 4 is 16.5 Å². The SMILES string of the molecule is Nc1ccc(S(=O)Cc2ccccn2)c(F)c1. The summed E-state index contributed by atoms with van der Waals surface area (Å²) in [4.78, 5) is 4.21. The third kappa shape index (κ3) is 2.88. The Labute approximate surface area is 101 Å². The molecular formula is C12H11FN2OS. The fraction of sp³-hybridized carbons (Fsp3) is 0.0833. The third-order valence-corrected chi connectivity index (χ3v) is 3.59. The van der Waals surface area contributed by atoms with E-state index in [1.165, 1.54) is 18.2 Å². The van der Waals surface area contributed by atoms with E-state index in [0.29, 0.717) is 11.4 Å². The maximum Gasteiger partial charge on any atom is 0.141 e. The number of hydrogen-bond donors (Lipinski definition) is 1. The smallest absolute Gasteiger partial charge is 0.141 e. The first-order valence-electron chi connectivity index (χ1n) is 5.00. The van der Waals surface area contributed by atoms with Crippen LogP contribution in [0.3, 0.4) is 0 Å². The summed E-state index contributed by atoms with van der Waals surface area (Å²) in [6.45, 7) is 0. The molecule has 1 atom stereocenters. The Balaban J connectivity index is 2.21. The highest BCUT2D eigenvalue weighted by Crippen LogP contribution is 2.17. The summed E-state index contributed by atoms with van der Waals surface area (Å²) >= 11 is 0. The molecule has 0 spiro atoms. The van der Waals surface area contributed by atoms with Gasteiger partial charge in [-0.15, -0.1) is 0 Å². The second-order valence-corrected chi connectivity index (χ2v) is 4.92. The van der Waals surface area contributed by atoms with E-state index in [-0.39, 0.29) is 10.6 Å². The van der Waals surface area contributed by atoms with Crippen LogP contribution in [0.25, 0.3) is 0 Å². The van der Waals surface area contributed by atoms with Gasteiger partial charge >= 0.3 is 0 Å². The molecule has 1 heterocycles. The summed E-state index contributed by atoms with van der Waals surface area (Å²) in [6.07, 6.45) is 1.62. The van der Waals surface area contributed by atoms with E-state index in [1.807, 2.05) is 0 Å². The molecule has 0 aliphatic heterocycles. The minimum absolute atomic E-state index is 0.157. The van der Waals surface area contributed by atoms with Gasteiger partial charge in [0.15, 0.2) is 0 Å². The zero-order valence-electron chi connectivity index (χ0n) is 8.97. The Kier molecular flexibility index (Phi) is 3.49. The molecule has 5 heteroatoms. The quantitative estimate of drug-likeness (QED) is 0.849. The molecule has 0 saturated heterocycles. The van der Waals surface area contributed by atoms with Crippen LogP contribution in [-0.4, -0.2) is 9.19 Å². The lowest BCUT2D eigenvalue weighted by atomic mass is 10.3. The van der Waals surface area contributed by atoms with Crippen molar-refractivity contribution in [3.63, 3.8) is 0 Å². The first-order chi connectivity index (χ1) is 8.16. The van der Waals surface area contributed by atoms with Crippen molar-refractivity contribution in [2.45, 2.75) is 10.6 Å². The summed E-state index contributed by atoms with van der Waals surface area (Å²) in [6, 6.07) is 9.49. The average Bonchev–Trinajstić information content (AvgIpc) is 2.30. The lowest BCUT2D eigenvalue weighted by Crippen LogP contribution is -2.01. The van der Waals surface area contributed by atoms with Crippen LogP contribution in [0.1, 0.15) is 5.69 Å². The lowest BCUT2D eigenvalue weighted by Gasteiger charge is -2.04. The summed E-state index contributed by atoms with van der Waals surface area (Å²) in [5.74, 6) is -0.346. The molecule has 0 amide bonds. The molecule has 2 rings (SSSR count). The van der Waals surface area contributed by atoms with Gasteiger partial charge in [0.2, 0.25) is 0 Å². The van der Waals surface area contributed by atoms with Gasteiger partial charge in [-0.3, -0.25) is 9.19 Å². The summed E-state index contributed by atoms with van der Waals surface area (Å²) < 4.78 is 25.4. The van der Waals surface area contributed by atoms with E-state index in [4.69, 9.17) is 5.73 Å². The summed E-state index contributed by atoms with van der Waals surface area (Å²) in [5.41, 5.74) is 6.42. The molecule has 0 radical (unpaired) electrons. The molecular weight excluding hydrogens is 239 g/mol. The molecule has 1 aromatic heterocycles. The Morgan fingerprint density at radius 3 is 2.76 bits per heavy atom. The number of nitrogens with zero attached hydrogens (tertiary/aromatic N) is 1. The summed E-state index contributed by atoms with van der Waals surface area (Å²) in [7, 11) is -1.45. The molecule has 1 unspecified atom stereocenters. The van der Waals surface area contributed by atoms with Crippen molar-refractivity contribution in [2.24, 2.45) is 0 Å². The van der Waals surface area contributed by atoms with E-state index in [0.717, 1.165) is 0 Å². The van der Waals surface area contributed by atoms with Crippen LogP contribution in [-0.2, 0) is 16.6 Å². The van der Waals surface area contributed by atoms with E-state index in [1.54, 1.807) is 24.4 Å². The normalized spacial score (nSPS) is 12.3. The number of rotatable bonds is 3. The van der Waals surface area contributed by atoms with Crippen LogP contribution >= 0.6 is 0 Å². The van der Waals surface area contributed by atoms with Gasteiger partial charge in [-0.25, -0.2) is 4.39 Å². The first kappa shape index (κ1) is 11.7. The largest absolute Gasteiger partial charge is 0.399 e. The van der Waals surface area contributed by atoms with Crippen molar-refractivity contribution in [3.05, 3.63) is 54.1 Å². The van der Waals surface area contributed by atoms with Gasteiger partial charge in [-0.2, -0.15) is 0 Å². The predicted molar refractivity (Wildman–Crippen MR) is 65.2 cm³/mol. The van der Waals surface area contributed by atoms with Gasteiger partial charge in [0.1, 0.15) is 5.82 Å². The van der Waals surface area contributed by atoms with Gasteiger partial charge in [-0.1, -0.05) is 6.07 Å². The van der Waals surface area contributed by atoms with Crippen LogP contribution < -0.4 is 5.73 Å². The molecule has 0 aliphatic rings. The molecule has 1 aromatic carbocycles. The van der Waals surface area contributed by atoms with Gasteiger partial charge in [0.25, 0.3) is 0 Å². The van der Waals surface area contributed by atoms with Gasteiger partial charge in [0.05, 0.1) is 27.1 Å². The van der Waals surface area contributed by atoms with Crippen molar-refractivity contribution in [1.82, 2.24) is 4.98 Å². The summed E-state index contributed by atoms with van der Waals surface area (Å²) in [5, 5.41) is 0. The van der Waals surface area contributed by atoms with Crippen LogP contribution in [0, 0.1) is 5.82 Å². The lowest BCUT2D eigenvalue weighted by molar-refractivity contribution is 0.596. The Morgan fingerprint density at radius 2 is 2.12 bits per heavy atom. The van der Waals surface area contributed by atoms with E-state index < -0.39 is 16.6 Å². The molecule has 0 saturated carbocycles. The zero-order valence-corrected chi connectivity index (χ0v) is 9.78. The van der Waals surface area contributed by atoms with Gasteiger partial charge < -0.3 is 5.73 Å². The standard InChI is InChI=1S/C12H11FN2OS/c13-11-7-9(14)4-5-12(11)17(16)8-10-3-1-2-6-15-10/h1-7H,8,14H2. The number of anilines is 1. The molecule has 88 valence electrons. The highest BCUT2D eigenvalue weighted by Gasteiger charge is 2.11. The molecule has 17 heavy (non-hydrogen) atoms. The van der Waals surface area contributed by atoms with Crippen LogP contribution in [0.5, 0.6) is 0 Å². The number of aromatic nitrogens is 1. The van der Waals surface area contributed by atoms with Gasteiger partial charge in [0, 0.05) is 11.9 Å². The second-order valence-electron chi connectivity index (χ2n) is 3.50. The third-order valence-electron chi connectivity index (χ3n) is 2.21. The van der Waals surface area contributed by atoms with Gasteiger partial charge in [-0.05, 0) is 30.3 Å². The Hall–Kier alpha value is -1.75. The Bertz CT molecular complexity index is 545. The fourth-order valence-corrected chi connectivity index (χ4v) is 2.49. The minimum atomic E-state index is -1.45. The highest BCUT2D eigenvalue weighted by molar-refractivity contribution is 7.84. The van der Waals surface area contributed by atoms with E-state index in [2.05, 4.69) is 4.98 Å². The van der Waals surface area contributed by atoms with Crippen LogP contribution in [0.2, 0.25) is 0 Å². The minimum Gasteiger partial charge on any atom is -0.399 e. The monoisotopic (exact) mass is 250 g/mol. The number of hydrogen-bond acceptors (Lipinski definition) is 3. The molecule has 0 aliphatic carbocycles.